The maximum atomic E-state index is 10.1. The molecule has 1 heterocycles. The standard InChI is InChI=1S/C13H18OS/c14-13(9-11-7-8-15-10-11)12-5-3-1-2-4-6-12/h5,7-8,10,13-14H,1-4,6,9H2. The summed E-state index contributed by atoms with van der Waals surface area (Å²) in [5.74, 6) is 0. The third kappa shape index (κ3) is 3.18. The molecule has 2 rings (SSSR count). The number of hydrogen-bond donors (Lipinski definition) is 1. The molecule has 0 saturated heterocycles. The van der Waals surface area contributed by atoms with Crippen molar-refractivity contribution < 1.29 is 5.11 Å². The number of allylic oxidation sites excluding steroid dienone is 1. The molecule has 0 saturated carbocycles. The van der Waals surface area contributed by atoms with E-state index in [4.69, 9.17) is 0 Å². The Bertz CT molecular complexity index is 313. The maximum Gasteiger partial charge on any atom is 0.0790 e. The molecule has 0 spiro atoms. The molecule has 82 valence electrons. The minimum absolute atomic E-state index is 0.252. The van der Waals surface area contributed by atoms with Crippen LogP contribution in [0.1, 0.15) is 37.7 Å². The van der Waals surface area contributed by atoms with Gasteiger partial charge >= 0.3 is 0 Å². The Morgan fingerprint density at radius 3 is 3.07 bits per heavy atom. The van der Waals surface area contributed by atoms with Crippen LogP contribution in [-0.2, 0) is 6.42 Å². The molecule has 15 heavy (non-hydrogen) atoms. The second-order valence-electron chi connectivity index (χ2n) is 4.23. The Labute approximate surface area is 95.5 Å². The second-order valence-corrected chi connectivity index (χ2v) is 5.01. The lowest BCUT2D eigenvalue weighted by Crippen LogP contribution is -2.13. The molecule has 1 nitrogen and oxygen atoms in total. The Morgan fingerprint density at radius 1 is 1.33 bits per heavy atom. The summed E-state index contributed by atoms with van der Waals surface area (Å²) in [5, 5.41) is 14.3. The summed E-state index contributed by atoms with van der Waals surface area (Å²) in [5.41, 5.74) is 2.52. The Kier molecular flexibility index (Phi) is 3.98. The van der Waals surface area contributed by atoms with Gasteiger partial charge in [0.25, 0.3) is 0 Å². The van der Waals surface area contributed by atoms with Gasteiger partial charge in [-0.2, -0.15) is 11.3 Å². The summed E-state index contributed by atoms with van der Waals surface area (Å²) >= 11 is 1.70. The highest BCUT2D eigenvalue weighted by Gasteiger charge is 2.13. The van der Waals surface area contributed by atoms with Crippen LogP contribution in [0.15, 0.2) is 28.5 Å². The van der Waals surface area contributed by atoms with Crippen molar-refractivity contribution in [1.82, 2.24) is 0 Å². The topological polar surface area (TPSA) is 20.2 Å². The van der Waals surface area contributed by atoms with Gasteiger partial charge in [-0.25, -0.2) is 0 Å². The van der Waals surface area contributed by atoms with Crippen LogP contribution < -0.4 is 0 Å². The van der Waals surface area contributed by atoms with Gasteiger partial charge in [-0.15, -0.1) is 0 Å². The van der Waals surface area contributed by atoms with E-state index in [9.17, 15) is 5.11 Å². The molecule has 0 fully saturated rings. The number of thiophene rings is 1. The van der Waals surface area contributed by atoms with E-state index in [0.29, 0.717) is 0 Å². The zero-order chi connectivity index (χ0) is 10.5. The van der Waals surface area contributed by atoms with Gasteiger partial charge in [0.2, 0.25) is 0 Å². The van der Waals surface area contributed by atoms with Crippen LogP contribution in [0.2, 0.25) is 0 Å². The van der Waals surface area contributed by atoms with E-state index in [-0.39, 0.29) is 6.10 Å². The van der Waals surface area contributed by atoms with Crippen molar-refractivity contribution in [2.24, 2.45) is 0 Å². The first kappa shape index (κ1) is 10.9. The predicted molar refractivity (Wildman–Crippen MR) is 65.2 cm³/mol. The molecule has 1 unspecified atom stereocenters. The fraction of sp³-hybridized carbons (Fsp3) is 0.538. The molecule has 1 aliphatic carbocycles. The first-order chi connectivity index (χ1) is 7.36. The highest BCUT2D eigenvalue weighted by atomic mass is 32.1. The normalized spacial score (nSPS) is 19.4. The molecular weight excluding hydrogens is 204 g/mol. The lowest BCUT2D eigenvalue weighted by molar-refractivity contribution is 0.206. The van der Waals surface area contributed by atoms with Crippen LogP contribution in [0.4, 0.5) is 0 Å². The molecule has 0 amide bonds. The highest BCUT2D eigenvalue weighted by molar-refractivity contribution is 7.07. The summed E-state index contributed by atoms with van der Waals surface area (Å²) in [4.78, 5) is 0. The molecule has 1 atom stereocenters. The molecule has 2 heteroatoms. The number of hydrogen-bond acceptors (Lipinski definition) is 2. The summed E-state index contributed by atoms with van der Waals surface area (Å²) in [6.07, 6.45) is 8.87. The fourth-order valence-electron chi connectivity index (χ4n) is 2.11. The van der Waals surface area contributed by atoms with Crippen molar-refractivity contribution in [1.29, 1.82) is 0 Å². The van der Waals surface area contributed by atoms with Crippen molar-refractivity contribution in [3.63, 3.8) is 0 Å². The van der Waals surface area contributed by atoms with Gasteiger partial charge in [0.15, 0.2) is 0 Å². The van der Waals surface area contributed by atoms with Crippen molar-refractivity contribution in [2.45, 2.75) is 44.6 Å². The van der Waals surface area contributed by atoms with Crippen LogP contribution in [0.3, 0.4) is 0 Å². The Balaban J connectivity index is 1.94. The number of aliphatic hydroxyl groups excluding tert-OH is 1. The molecule has 1 aliphatic rings. The summed E-state index contributed by atoms with van der Waals surface area (Å²) < 4.78 is 0. The van der Waals surface area contributed by atoms with Gasteiger partial charge in [0.05, 0.1) is 6.10 Å². The molecule has 0 bridgehead atoms. The predicted octanol–water partition coefficient (Wildman–Crippen LogP) is 3.54. The van der Waals surface area contributed by atoms with Crippen LogP contribution in [-0.4, -0.2) is 11.2 Å². The smallest absolute Gasteiger partial charge is 0.0790 e. The van der Waals surface area contributed by atoms with E-state index in [1.54, 1.807) is 11.3 Å². The molecule has 0 radical (unpaired) electrons. The fourth-order valence-corrected chi connectivity index (χ4v) is 2.79. The quantitative estimate of drug-likeness (QED) is 0.776. The van der Waals surface area contributed by atoms with Gasteiger partial charge in [0, 0.05) is 6.42 Å². The molecule has 1 aromatic heterocycles. The van der Waals surface area contributed by atoms with Gasteiger partial charge < -0.3 is 5.11 Å². The monoisotopic (exact) mass is 222 g/mol. The van der Waals surface area contributed by atoms with E-state index in [0.717, 1.165) is 19.3 Å². The first-order valence-corrected chi connectivity index (χ1v) is 6.68. The van der Waals surface area contributed by atoms with E-state index < -0.39 is 0 Å². The number of rotatable bonds is 3. The van der Waals surface area contributed by atoms with Crippen molar-refractivity contribution >= 4 is 11.3 Å². The zero-order valence-electron chi connectivity index (χ0n) is 8.98. The highest BCUT2D eigenvalue weighted by Crippen LogP contribution is 2.22. The van der Waals surface area contributed by atoms with Crippen LogP contribution in [0.25, 0.3) is 0 Å². The summed E-state index contributed by atoms with van der Waals surface area (Å²) in [7, 11) is 0. The van der Waals surface area contributed by atoms with Crippen molar-refractivity contribution in [3.8, 4) is 0 Å². The lowest BCUT2D eigenvalue weighted by atomic mass is 9.99. The average Bonchev–Trinajstić information content (AvgIpc) is 2.58. The van der Waals surface area contributed by atoms with E-state index in [1.165, 1.54) is 30.4 Å². The van der Waals surface area contributed by atoms with Crippen molar-refractivity contribution in [3.05, 3.63) is 34.0 Å². The molecular formula is C13H18OS. The first-order valence-electron chi connectivity index (χ1n) is 5.74. The Morgan fingerprint density at radius 2 is 2.27 bits per heavy atom. The van der Waals surface area contributed by atoms with Gasteiger partial charge in [0.1, 0.15) is 0 Å². The summed E-state index contributed by atoms with van der Waals surface area (Å²) in [6.45, 7) is 0. The third-order valence-corrected chi connectivity index (χ3v) is 3.75. The summed E-state index contributed by atoms with van der Waals surface area (Å²) in [6, 6.07) is 2.10. The van der Waals surface area contributed by atoms with E-state index >= 15 is 0 Å². The van der Waals surface area contributed by atoms with E-state index in [1.807, 2.05) is 0 Å². The third-order valence-electron chi connectivity index (χ3n) is 3.01. The van der Waals surface area contributed by atoms with Crippen LogP contribution in [0.5, 0.6) is 0 Å². The second kappa shape index (κ2) is 5.47. The molecule has 1 aromatic rings. The van der Waals surface area contributed by atoms with Gasteiger partial charge in [-0.3, -0.25) is 0 Å². The van der Waals surface area contributed by atoms with Gasteiger partial charge in [-0.05, 0) is 53.6 Å². The molecule has 1 N–H and O–H groups in total. The SMILES string of the molecule is OC(Cc1ccsc1)C1=CCCCCC1. The largest absolute Gasteiger partial charge is 0.388 e. The van der Waals surface area contributed by atoms with Crippen LogP contribution in [0, 0.1) is 0 Å². The van der Waals surface area contributed by atoms with Gasteiger partial charge in [-0.1, -0.05) is 12.5 Å². The number of aliphatic hydroxyl groups is 1. The maximum absolute atomic E-state index is 10.1. The average molecular weight is 222 g/mol. The minimum atomic E-state index is -0.252. The minimum Gasteiger partial charge on any atom is -0.388 e. The molecule has 0 aromatic carbocycles. The zero-order valence-corrected chi connectivity index (χ0v) is 9.80. The molecule has 0 aliphatic heterocycles. The van der Waals surface area contributed by atoms with Crippen LogP contribution >= 0.6 is 11.3 Å². The van der Waals surface area contributed by atoms with E-state index in [2.05, 4.69) is 22.9 Å². The lowest BCUT2D eigenvalue weighted by Gasteiger charge is -2.13. The van der Waals surface area contributed by atoms with Crippen molar-refractivity contribution in [2.75, 3.05) is 0 Å². The Hall–Kier alpha value is -0.600.